The number of halogens is 1. The molecule has 2 aliphatic heterocycles. The fourth-order valence-corrected chi connectivity index (χ4v) is 8.20. The minimum absolute atomic E-state index is 0.0505. The number of rotatable bonds is 6. The highest BCUT2D eigenvalue weighted by Crippen LogP contribution is 2.56. The summed E-state index contributed by atoms with van der Waals surface area (Å²) >= 11 is 0. The molecule has 206 valence electrons. The van der Waals surface area contributed by atoms with Gasteiger partial charge in [0, 0.05) is 24.2 Å². The van der Waals surface area contributed by atoms with Crippen LogP contribution in [0.3, 0.4) is 0 Å². The summed E-state index contributed by atoms with van der Waals surface area (Å²) in [5.74, 6) is 5.04. The van der Waals surface area contributed by atoms with E-state index in [2.05, 4.69) is 14.4 Å². The van der Waals surface area contributed by atoms with Crippen molar-refractivity contribution in [3.8, 4) is 0 Å². The molecule has 0 aromatic heterocycles. The van der Waals surface area contributed by atoms with Gasteiger partial charge >= 0.3 is 0 Å². The van der Waals surface area contributed by atoms with Crippen molar-refractivity contribution >= 4 is 43.2 Å². The van der Waals surface area contributed by atoms with Crippen molar-refractivity contribution in [3.63, 3.8) is 0 Å². The Morgan fingerprint density at radius 3 is 2.59 bits per heavy atom. The second kappa shape index (κ2) is 9.03. The summed E-state index contributed by atoms with van der Waals surface area (Å²) in [7, 11) is -7.98. The Hall–Kier alpha value is -3.49. The summed E-state index contributed by atoms with van der Waals surface area (Å²) in [6.07, 6.45) is 3.73. The molecule has 1 amide bonds. The van der Waals surface area contributed by atoms with E-state index in [0.29, 0.717) is 0 Å². The molecule has 2 aliphatic carbocycles. The molecule has 4 N–H and O–H groups in total. The summed E-state index contributed by atoms with van der Waals surface area (Å²) in [5.41, 5.74) is 0.830. The fraction of sp³-hybridized carbons (Fsp3) is 0.360. The minimum Gasteiger partial charge on any atom is -0.415 e. The monoisotopic (exact) mass is 575 g/mol. The van der Waals surface area contributed by atoms with Crippen molar-refractivity contribution < 1.29 is 30.9 Å². The number of amides is 1. The van der Waals surface area contributed by atoms with Gasteiger partial charge in [-0.05, 0) is 67.0 Å². The van der Waals surface area contributed by atoms with E-state index < -0.39 is 26.0 Å². The van der Waals surface area contributed by atoms with Crippen LogP contribution in [0.25, 0.3) is 0 Å². The number of hydrogen-bond acceptors (Lipinski definition) is 8. The summed E-state index contributed by atoms with van der Waals surface area (Å²) in [6.45, 7) is 0.196. The Bertz CT molecular complexity index is 1660. The van der Waals surface area contributed by atoms with Gasteiger partial charge in [-0.15, -0.1) is 4.40 Å². The number of nitrogens with one attached hydrogen (secondary N) is 2. The quantitative estimate of drug-likeness (QED) is 0.443. The lowest BCUT2D eigenvalue weighted by Gasteiger charge is -2.44. The first kappa shape index (κ1) is 25.8. The van der Waals surface area contributed by atoms with Crippen LogP contribution in [0.2, 0.25) is 0 Å². The largest absolute Gasteiger partial charge is 0.415 e. The van der Waals surface area contributed by atoms with Gasteiger partial charge in [0.15, 0.2) is 5.84 Å². The molecular formula is C25H26FN5O6S2. The second-order valence-electron chi connectivity index (χ2n) is 10.4. The van der Waals surface area contributed by atoms with Gasteiger partial charge in [-0.1, -0.05) is 12.1 Å². The molecule has 0 saturated heterocycles. The molecule has 2 fully saturated rings. The molecule has 0 radical (unpaired) electrons. The number of fused-ring (bicyclic) bond motifs is 6. The molecule has 2 heterocycles. The summed E-state index contributed by atoms with van der Waals surface area (Å²) < 4.78 is 69.4. The van der Waals surface area contributed by atoms with E-state index in [1.807, 2.05) is 0 Å². The zero-order valence-corrected chi connectivity index (χ0v) is 22.4. The van der Waals surface area contributed by atoms with E-state index in [4.69, 9.17) is 10.7 Å². The standard InChI is InChI=1S/C25H26FN5O6S2/c1-38(33,34)29-17-8-9-18-19(11-17)39(35,36)30-24(28-18)21-23(37-27)20-14-4-5-15(10-14)22(20)31(25(21)32)12-13-2-6-16(26)7-3-13/h2-3,6-9,11,14-15,20,22,29H,4-5,10,12,27H2,1H3,(H,28,30)/t14-,15+,20+,22-/m0/s1. The van der Waals surface area contributed by atoms with Crippen LogP contribution >= 0.6 is 0 Å². The lowest BCUT2D eigenvalue weighted by molar-refractivity contribution is -0.134. The number of hydrogen-bond donors (Lipinski definition) is 3. The molecule has 6 rings (SSSR count). The van der Waals surface area contributed by atoms with Crippen LogP contribution in [-0.4, -0.2) is 45.8 Å². The first-order valence-electron chi connectivity index (χ1n) is 12.4. The SMILES string of the molecule is CS(=O)(=O)Nc1ccc2c(c1)S(=O)(=O)N=C(C1=C(ON)[C@@H]3[C@H]4CC[C@H](C4)[C@@H]3N(Cc3ccc(F)cc3)C1=O)N2. The highest BCUT2D eigenvalue weighted by atomic mass is 32.2. The molecule has 4 atom stereocenters. The van der Waals surface area contributed by atoms with E-state index in [-0.39, 0.29) is 69.6 Å². The molecule has 14 heteroatoms. The van der Waals surface area contributed by atoms with E-state index in [1.165, 1.54) is 24.3 Å². The van der Waals surface area contributed by atoms with Crippen molar-refractivity contribution in [1.82, 2.24) is 4.90 Å². The number of nitrogens with two attached hydrogens (primary N) is 1. The maximum atomic E-state index is 14.1. The zero-order chi connectivity index (χ0) is 27.7. The molecule has 2 aromatic rings. The van der Waals surface area contributed by atoms with Gasteiger partial charge in [0.2, 0.25) is 10.0 Å². The first-order valence-corrected chi connectivity index (χ1v) is 15.7. The normalized spacial score (nSPS) is 27.0. The summed E-state index contributed by atoms with van der Waals surface area (Å²) in [6, 6.07) is 9.64. The molecule has 2 bridgehead atoms. The second-order valence-corrected chi connectivity index (χ2v) is 13.7. The zero-order valence-electron chi connectivity index (χ0n) is 20.8. The third-order valence-corrected chi connectivity index (χ3v) is 9.84. The third-order valence-electron chi connectivity index (χ3n) is 7.91. The maximum Gasteiger partial charge on any atom is 0.286 e. The fourth-order valence-electron chi connectivity index (χ4n) is 6.49. The van der Waals surface area contributed by atoms with Crippen molar-refractivity contribution in [3.05, 3.63) is 65.2 Å². The number of carbonyl (C=O) groups excluding carboxylic acids is 1. The van der Waals surface area contributed by atoms with Crippen molar-refractivity contribution in [1.29, 1.82) is 0 Å². The van der Waals surface area contributed by atoms with E-state index in [1.54, 1.807) is 17.0 Å². The Morgan fingerprint density at radius 1 is 1.18 bits per heavy atom. The van der Waals surface area contributed by atoms with Gasteiger partial charge in [0.1, 0.15) is 22.0 Å². The van der Waals surface area contributed by atoms with E-state index in [0.717, 1.165) is 37.1 Å². The third kappa shape index (κ3) is 4.45. The summed E-state index contributed by atoms with van der Waals surface area (Å²) in [4.78, 5) is 20.9. The van der Waals surface area contributed by atoms with Crippen molar-refractivity contribution in [2.45, 2.75) is 36.7 Å². The first-order chi connectivity index (χ1) is 18.4. The number of carbonyl (C=O) groups is 1. The Morgan fingerprint density at radius 2 is 1.90 bits per heavy atom. The minimum atomic E-state index is -4.34. The van der Waals surface area contributed by atoms with Gasteiger partial charge in [-0.3, -0.25) is 9.52 Å². The lowest BCUT2D eigenvalue weighted by Crippen LogP contribution is -2.54. The van der Waals surface area contributed by atoms with Crippen LogP contribution in [-0.2, 0) is 36.2 Å². The van der Waals surface area contributed by atoms with Crippen LogP contribution in [0, 0.1) is 23.6 Å². The molecule has 2 saturated carbocycles. The summed E-state index contributed by atoms with van der Waals surface area (Å²) in [5, 5.41) is 2.93. The van der Waals surface area contributed by atoms with Crippen molar-refractivity contribution in [2.24, 2.45) is 28.0 Å². The maximum absolute atomic E-state index is 14.1. The highest BCUT2D eigenvalue weighted by Gasteiger charge is 2.57. The number of benzene rings is 2. The van der Waals surface area contributed by atoms with Crippen LogP contribution < -0.4 is 15.9 Å². The number of amidine groups is 1. The topological polar surface area (TPSA) is 160 Å². The molecule has 0 unspecified atom stereocenters. The van der Waals surface area contributed by atoms with Crippen LogP contribution in [0.4, 0.5) is 15.8 Å². The van der Waals surface area contributed by atoms with Gasteiger partial charge in [-0.2, -0.15) is 14.3 Å². The number of nitrogens with zero attached hydrogens (tertiary/aromatic N) is 2. The van der Waals surface area contributed by atoms with Crippen LogP contribution in [0.15, 0.2) is 63.1 Å². The molecule has 39 heavy (non-hydrogen) atoms. The van der Waals surface area contributed by atoms with E-state index in [9.17, 15) is 26.0 Å². The highest BCUT2D eigenvalue weighted by molar-refractivity contribution is 7.92. The smallest absolute Gasteiger partial charge is 0.286 e. The Labute approximate surface area is 225 Å². The van der Waals surface area contributed by atoms with Crippen LogP contribution in [0.1, 0.15) is 24.8 Å². The predicted molar refractivity (Wildman–Crippen MR) is 141 cm³/mol. The average Bonchev–Trinajstić information content (AvgIpc) is 3.48. The molecular weight excluding hydrogens is 549 g/mol. The van der Waals surface area contributed by atoms with Gasteiger partial charge < -0.3 is 15.1 Å². The predicted octanol–water partition coefficient (Wildman–Crippen LogP) is 2.31. The van der Waals surface area contributed by atoms with Gasteiger partial charge in [0.25, 0.3) is 15.9 Å². The average molecular weight is 576 g/mol. The number of anilines is 2. The Balaban J connectivity index is 1.43. The van der Waals surface area contributed by atoms with E-state index >= 15 is 0 Å². The van der Waals surface area contributed by atoms with Crippen molar-refractivity contribution in [2.75, 3.05) is 16.3 Å². The number of sulfonamides is 2. The molecule has 2 aromatic carbocycles. The Kier molecular flexibility index (Phi) is 5.97. The lowest BCUT2D eigenvalue weighted by atomic mass is 9.77. The molecule has 4 aliphatic rings. The molecule has 11 nitrogen and oxygen atoms in total. The van der Waals surface area contributed by atoms with Crippen LogP contribution in [0.5, 0.6) is 0 Å². The molecule has 0 spiro atoms. The van der Waals surface area contributed by atoms with Gasteiger partial charge in [0.05, 0.1) is 11.9 Å². The van der Waals surface area contributed by atoms with Gasteiger partial charge in [-0.25, -0.2) is 12.8 Å².